The molecule has 7 nitrogen and oxygen atoms in total. The third kappa shape index (κ3) is 2.94. The van der Waals surface area contributed by atoms with Crippen LogP contribution in [0.4, 0.5) is 4.39 Å². The monoisotopic (exact) mass is 332 g/mol. The first-order chi connectivity index (χ1) is 11.5. The summed E-state index contributed by atoms with van der Waals surface area (Å²) in [5.41, 5.74) is 0.554. The number of amides is 2. The fourth-order valence-corrected chi connectivity index (χ4v) is 2.59. The minimum absolute atomic E-state index is 0.0296. The Labute approximate surface area is 137 Å². The molecule has 8 heteroatoms. The fourth-order valence-electron chi connectivity index (χ4n) is 2.59. The van der Waals surface area contributed by atoms with Crippen molar-refractivity contribution in [3.63, 3.8) is 0 Å². The molecule has 2 N–H and O–H groups in total. The zero-order valence-corrected chi connectivity index (χ0v) is 13.1. The van der Waals surface area contributed by atoms with Crippen molar-refractivity contribution in [3.8, 4) is 5.75 Å². The van der Waals surface area contributed by atoms with Crippen LogP contribution in [0.2, 0.25) is 0 Å². The molecule has 1 aliphatic rings. The molecule has 0 radical (unpaired) electrons. The number of nitrogens with one attached hydrogen (secondary N) is 1. The van der Waals surface area contributed by atoms with Gasteiger partial charge in [0, 0.05) is 26.7 Å². The third-order valence-corrected chi connectivity index (χ3v) is 3.92. The standard InChI is InChI=1S/C16H17FN4O3/c1-20-7-2-8-21-13(16(20)24)14(22)12(19-21)15(23)18-9-10-3-5-11(17)6-4-10/h3-6,22H,2,7-9H2,1H3,(H,18,23). The smallest absolute Gasteiger partial charge is 0.275 e. The van der Waals surface area contributed by atoms with Gasteiger partial charge in [0.25, 0.3) is 11.8 Å². The number of aromatic nitrogens is 2. The van der Waals surface area contributed by atoms with E-state index < -0.39 is 11.7 Å². The largest absolute Gasteiger partial charge is 0.504 e. The minimum atomic E-state index is -0.590. The molecule has 0 spiro atoms. The van der Waals surface area contributed by atoms with E-state index in [1.54, 1.807) is 19.2 Å². The summed E-state index contributed by atoms with van der Waals surface area (Å²) in [5, 5.41) is 16.9. The van der Waals surface area contributed by atoms with Crippen LogP contribution in [-0.2, 0) is 13.1 Å². The molecule has 0 saturated heterocycles. The number of nitrogens with zero attached hydrogens (tertiary/aromatic N) is 3. The number of aromatic hydroxyl groups is 1. The summed E-state index contributed by atoms with van der Waals surface area (Å²) in [6.07, 6.45) is 0.687. The highest BCUT2D eigenvalue weighted by molar-refractivity contribution is 6.02. The van der Waals surface area contributed by atoms with E-state index >= 15 is 0 Å². The second-order valence-electron chi connectivity index (χ2n) is 5.66. The molecule has 1 aromatic heterocycles. The van der Waals surface area contributed by atoms with E-state index in [2.05, 4.69) is 10.4 Å². The van der Waals surface area contributed by atoms with Gasteiger partial charge in [-0.05, 0) is 24.1 Å². The molecule has 2 aromatic rings. The van der Waals surface area contributed by atoms with Gasteiger partial charge < -0.3 is 15.3 Å². The maximum atomic E-state index is 12.9. The lowest BCUT2D eigenvalue weighted by molar-refractivity contribution is 0.0793. The maximum absolute atomic E-state index is 12.9. The lowest BCUT2D eigenvalue weighted by Crippen LogP contribution is -2.26. The van der Waals surface area contributed by atoms with Crippen LogP contribution in [0.1, 0.15) is 33.0 Å². The highest BCUT2D eigenvalue weighted by atomic mass is 19.1. The number of fused-ring (bicyclic) bond motifs is 1. The van der Waals surface area contributed by atoms with Crippen LogP contribution < -0.4 is 5.32 Å². The van der Waals surface area contributed by atoms with Gasteiger partial charge in [-0.25, -0.2) is 4.39 Å². The molecule has 1 aliphatic heterocycles. The maximum Gasteiger partial charge on any atom is 0.275 e. The molecule has 2 amide bonds. The van der Waals surface area contributed by atoms with E-state index in [1.165, 1.54) is 21.7 Å². The molecule has 126 valence electrons. The van der Waals surface area contributed by atoms with E-state index in [4.69, 9.17) is 0 Å². The van der Waals surface area contributed by atoms with E-state index in [-0.39, 0.29) is 29.7 Å². The minimum Gasteiger partial charge on any atom is -0.504 e. The molecule has 3 rings (SSSR count). The van der Waals surface area contributed by atoms with Crippen molar-refractivity contribution in [2.24, 2.45) is 0 Å². The Morgan fingerprint density at radius 3 is 2.75 bits per heavy atom. The molecule has 0 saturated carbocycles. The average molecular weight is 332 g/mol. The first kappa shape index (κ1) is 16.0. The Hall–Kier alpha value is -2.90. The summed E-state index contributed by atoms with van der Waals surface area (Å²) in [6.45, 7) is 1.17. The van der Waals surface area contributed by atoms with E-state index in [0.717, 1.165) is 0 Å². The first-order valence-electron chi connectivity index (χ1n) is 7.55. The molecular formula is C16H17FN4O3. The van der Waals surface area contributed by atoms with E-state index in [9.17, 15) is 19.1 Å². The number of carbonyl (C=O) groups excluding carboxylic acids is 2. The predicted molar refractivity (Wildman–Crippen MR) is 83.0 cm³/mol. The van der Waals surface area contributed by atoms with Gasteiger partial charge in [-0.3, -0.25) is 14.3 Å². The van der Waals surface area contributed by atoms with E-state index in [0.29, 0.717) is 25.1 Å². The van der Waals surface area contributed by atoms with Crippen LogP contribution in [0.5, 0.6) is 5.75 Å². The summed E-state index contributed by atoms with van der Waals surface area (Å²) in [4.78, 5) is 26.0. The van der Waals surface area contributed by atoms with Gasteiger partial charge >= 0.3 is 0 Å². The van der Waals surface area contributed by atoms with Crippen LogP contribution in [0.3, 0.4) is 0 Å². The molecule has 24 heavy (non-hydrogen) atoms. The van der Waals surface area contributed by atoms with Gasteiger partial charge in [0.2, 0.25) is 0 Å². The first-order valence-corrected chi connectivity index (χ1v) is 7.55. The number of benzene rings is 1. The van der Waals surface area contributed by atoms with Crippen molar-refractivity contribution < 1.29 is 19.1 Å². The highest BCUT2D eigenvalue weighted by Gasteiger charge is 2.30. The molecule has 0 fully saturated rings. The van der Waals surface area contributed by atoms with Crippen molar-refractivity contribution in [2.75, 3.05) is 13.6 Å². The highest BCUT2D eigenvalue weighted by Crippen LogP contribution is 2.25. The van der Waals surface area contributed by atoms with Crippen molar-refractivity contribution in [3.05, 3.63) is 47.0 Å². The van der Waals surface area contributed by atoms with Gasteiger partial charge in [-0.15, -0.1) is 0 Å². The fraction of sp³-hybridized carbons (Fsp3) is 0.312. The number of hydrogen-bond donors (Lipinski definition) is 2. The molecule has 0 aliphatic carbocycles. The zero-order valence-electron chi connectivity index (χ0n) is 13.1. The Morgan fingerprint density at radius 2 is 2.04 bits per heavy atom. The molecular weight excluding hydrogens is 315 g/mol. The summed E-state index contributed by atoms with van der Waals surface area (Å²) in [6, 6.07) is 5.70. The van der Waals surface area contributed by atoms with Gasteiger partial charge in [-0.1, -0.05) is 12.1 Å². The van der Waals surface area contributed by atoms with Crippen LogP contribution in [0, 0.1) is 5.82 Å². The number of carbonyl (C=O) groups is 2. The van der Waals surface area contributed by atoms with Crippen molar-refractivity contribution in [1.82, 2.24) is 20.0 Å². The normalized spacial score (nSPS) is 14.2. The molecule has 0 unspecified atom stereocenters. The van der Waals surface area contributed by atoms with Crippen LogP contribution in [0.25, 0.3) is 0 Å². The van der Waals surface area contributed by atoms with Crippen LogP contribution >= 0.6 is 0 Å². The van der Waals surface area contributed by atoms with Crippen molar-refractivity contribution >= 4 is 11.8 Å². The second-order valence-corrected chi connectivity index (χ2v) is 5.66. The van der Waals surface area contributed by atoms with Crippen LogP contribution in [0.15, 0.2) is 24.3 Å². The van der Waals surface area contributed by atoms with Gasteiger partial charge in [0.15, 0.2) is 17.1 Å². The summed E-state index contributed by atoms with van der Waals surface area (Å²) >= 11 is 0. The van der Waals surface area contributed by atoms with Gasteiger partial charge in [0.1, 0.15) is 5.82 Å². The SMILES string of the molecule is CN1CCCn2nc(C(=O)NCc3ccc(F)cc3)c(O)c2C1=O. The van der Waals surface area contributed by atoms with Crippen molar-refractivity contribution in [1.29, 1.82) is 0 Å². The molecule has 1 aromatic carbocycles. The second kappa shape index (κ2) is 6.31. The average Bonchev–Trinajstić information content (AvgIpc) is 2.82. The van der Waals surface area contributed by atoms with E-state index in [1.807, 2.05) is 0 Å². The summed E-state index contributed by atoms with van der Waals surface area (Å²) < 4.78 is 14.2. The Kier molecular flexibility index (Phi) is 4.20. The Balaban J connectivity index is 1.78. The molecule has 2 heterocycles. The van der Waals surface area contributed by atoms with Crippen LogP contribution in [-0.4, -0.2) is 45.2 Å². The Morgan fingerprint density at radius 1 is 1.33 bits per heavy atom. The number of halogens is 1. The number of hydrogen-bond acceptors (Lipinski definition) is 4. The third-order valence-electron chi connectivity index (χ3n) is 3.92. The predicted octanol–water partition coefficient (Wildman–Crippen LogP) is 1.13. The lowest BCUT2D eigenvalue weighted by atomic mass is 10.2. The number of aryl methyl sites for hydroxylation is 1. The number of rotatable bonds is 3. The molecule has 0 atom stereocenters. The quantitative estimate of drug-likeness (QED) is 0.882. The zero-order chi connectivity index (χ0) is 17.3. The van der Waals surface area contributed by atoms with Gasteiger partial charge in [0.05, 0.1) is 0 Å². The lowest BCUT2D eigenvalue weighted by Gasteiger charge is -2.12. The van der Waals surface area contributed by atoms with Gasteiger partial charge in [-0.2, -0.15) is 5.10 Å². The summed E-state index contributed by atoms with van der Waals surface area (Å²) in [7, 11) is 1.64. The van der Waals surface area contributed by atoms with Crippen molar-refractivity contribution in [2.45, 2.75) is 19.5 Å². The topological polar surface area (TPSA) is 87.5 Å². The Bertz CT molecular complexity index is 785. The molecule has 0 bridgehead atoms. The summed E-state index contributed by atoms with van der Waals surface area (Å²) in [5.74, 6) is -1.73.